The van der Waals surface area contributed by atoms with Gasteiger partial charge in [-0.3, -0.25) is 0 Å². The van der Waals surface area contributed by atoms with Crippen LogP contribution in [0.1, 0.15) is 51.4 Å². The lowest BCUT2D eigenvalue weighted by atomic mass is 9.92. The molecule has 91 valence electrons. The predicted molar refractivity (Wildman–Crippen MR) is 81.6 cm³/mol. The SMILES string of the molecule is BrCCCC[C](CCCBr)CCCCBr. The Balaban J connectivity index is 3.53. The van der Waals surface area contributed by atoms with Gasteiger partial charge in [0.1, 0.15) is 0 Å². The average Bonchev–Trinajstić information content (AvgIpc) is 2.25. The minimum absolute atomic E-state index is 1.15. The fraction of sp³-hybridized carbons (Fsp3) is 0.917. The molecule has 0 aromatic carbocycles. The van der Waals surface area contributed by atoms with Gasteiger partial charge in [-0.05, 0) is 44.4 Å². The summed E-state index contributed by atoms with van der Waals surface area (Å²) in [4.78, 5) is 0. The molecular weight excluding hydrogens is 384 g/mol. The smallest absolute Gasteiger partial charge is 0.00315 e. The molecule has 1 radical (unpaired) electrons. The molecule has 3 heteroatoms. The number of hydrogen-bond donors (Lipinski definition) is 0. The van der Waals surface area contributed by atoms with Gasteiger partial charge >= 0.3 is 0 Å². The van der Waals surface area contributed by atoms with E-state index in [1.807, 2.05) is 0 Å². The van der Waals surface area contributed by atoms with Crippen molar-refractivity contribution in [2.24, 2.45) is 0 Å². The van der Waals surface area contributed by atoms with Gasteiger partial charge in [-0.25, -0.2) is 0 Å². The lowest BCUT2D eigenvalue weighted by Gasteiger charge is -2.15. The summed E-state index contributed by atoms with van der Waals surface area (Å²) < 4.78 is 0. The first kappa shape index (κ1) is 16.4. The maximum Gasteiger partial charge on any atom is 0.00315 e. The highest BCUT2D eigenvalue weighted by Gasteiger charge is 2.08. The second kappa shape index (κ2) is 13.5. The maximum atomic E-state index is 3.51. The molecule has 0 aliphatic rings. The molecule has 15 heavy (non-hydrogen) atoms. The summed E-state index contributed by atoms with van der Waals surface area (Å²) in [5.74, 6) is 1.79. The molecule has 0 aromatic rings. The van der Waals surface area contributed by atoms with Gasteiger partial charge in [0, 0.05) is 16.0 Å². The van der Waals surface area contributed by atoms with Gasteiger partial charge in [0.05, 0.1) is 0 Å². The van der Waals surface area contributed by atoms with Crippen molar-refractivity contribution in [3.63, 3.8) is 0 Å². The van der Waals surface area contributed by atoms with Gasteiger partial charge in [0.25, 0.3) is 0 Å². The van der Waals surface area contributed by atoms with Gasteiger partial charge in [-0.15, -0.1) is 0 Å². The molecule has 0 saturated carbocycles. The fourth-order valence-corrected chi connectivity index (χ4v) is 2.70. The van der Waals surface area contributed by atoms with Gasteiger partial charge in [0.2, 0.25) is 0 Å². The zero-order valence-electron chi connectivity index (χ0n) is 9.41. The highest BCUT2D eigenvalue weighted by molar-refractivity contribution is 9.09. The summed E-state index contributed by atoms with van der Waals surface area (Å²) >= 11 is 10.5. The minimum Gasteiger partial charge on any atom is -0.0928 e. The second-order valence-corrected chi connectivity index (χ2v) is 6.21. The van der Waals surface area contributed by atoms with E-state index in [1.54, 1.807) is 5.92 Å². The highest BCUT2D eigenvalue weighted by Crippen LogP contribution is 2.24. The Kier molecular flexibility index (Phi) is 14.8. The zero-order chi connectivity index (χ0) is 11.4. The van der Waals surface area contributed by atoms with Gasteiger partial charge < -0.3 is 0 Å². The van der Waals surface area contributed by atoms with E-state index in [0.717, 1.165) is 16.0 Å². The Bertz CT molecular complexity index is 107. The van der Waals surface area contributed by atoms with Crippen LogP contribution in [-0.2, 0) is 0 Å². The molecule has 0 nitrogen and oxygen atoms in total. The average molecular weight is 406 g/mol. The molecular formula is C12H22Br3. The maximum absolute atomic E-state index is 3.51. The topological polar surface area (TPSA) is 0 Å². The number of rotatable bonds is 11. The van der Waals surface area contributed by atoms with Gasteiger partial charge in [-0.2, -0.15) is 0 Å². The summed E-state index contributed by atoms with van der Waals surface area (Å²) in [5.41, 5.74) is 0. The number of unbranched alkanes of at least 4 members (excludes halogenated alkanes) is 2. The van der Waals surface area contributed by atoms with Crippen LogP contribution >= 0.6 is 47.8 Å². The van der Waals surface area contributed by atoms with Crippen LogP contribution in [0.4, 0.5) is 0 Å². The van der Waals surface area contributed by atoms with Crippen LogP contribution in [0.3, 0.4) is 0 Å². The van der Waals surface area contributed by atoms with E-state index in [0.29, 0.717) is 0 Å². The lowest BCUT2D eigenvalue weighted by Crippen LogP contribution is -1.99. The Morgan fingerprint density at radius 1 is 0.533 bits per heavy atom. The van der Waals surface area contributed by atoms with Crippen molar-refractivity contribution in [2.45, 2.75) is 51.4 Å². The van der Waals surface area contributed by atoms with Crippen molar-refractivity contribution in [1.29, 1.82) is 0 Å². The van der Waals surface area contributed by atoms with Crippen LogP contribution < -0.4 is 0 Å². The molecule has 0 N–H and O–H groups in total. The third kappa shape index (κ3) is 11.7. The summed E-state index contributed by atoms with van der Waals surface area (Å²) in [7, 11) is 0. The molecule has 0 bridgehead atoms. The first-order valence-electron chi connectivity index (χ1n) is 5.86. The van der Waals surface area contributed by atoms with Crippen LogP contribution in [-0.4, -0.2) is 16.0 Å². The van der Waals surface area contributed by atoms with Crippen molar-refractivity contribution in [3.05, 3.63) is 5.92 Å². The predicted octanol–water partition coefficient (Wildman–Crippen LogP) is 5.87. The molecule has 0 atom stereocenters. The summed E-state index contributed by atoms with van der Waals surface area (Å²) in [6.07, 6.45) is 10.7. The first-order valence-corrected chi connectivity index (χ1v) is 9.23. The van der Waals surface area contributed by atoms with E-state index in [9.17, 15) is 0 Å². The Morgan fingerprint density at radius 2 is 0.933 bits per heavy atom. The zero-order valence-corrected chi connectivity index (χ0v) is 14.2. The monoisotopic (exact) mass is 403 g/mol. The van der Waals surface area contributed by atoms with Crippen molar-refractivity contribution in [3.8, 4) is 0 Å². The second-order valence-electron chi connectivity index (χ2n) is 3.83. The molecule has 0 amide bonds. The largest absolute Gasteiger partial charge is 0.0928 e. The number of hydrogen-bond acceptors (Lipinski definition) is 0. The van der Waals surface area contributed by atoms with Crippen molar-refractivity contribution in [2.75, 3.05) is 16.0 Å². The van der Waals surface area contributed by atoms with Gasteiger partial charge in [-0.1, -0.05) is 60.6 Å². The van der Waals surface area contributed by atoms with Crippen molar-refractivity contribution >= 4 is 47.8 Å². The van der Waals surface area contributed by atoms with E-state index in [1.165, 1.54) is 51.4 Å². The van der Waals surface area contributed by atoms with Crippen LogP contribution in [0.2, 0.25) is 0 Å². The lowest BCUT2D eigenvalue weighted by molar-refractivity contribution is 0.589. The van der Waals surface area contributed by atoms with Crippen molar-refractivity contribution < 1.29 is 0 Å². The normalized spacial score (nSPS) is 11.2. The van der Waals surface area contributed by atoms with E-state index in [-0.39, 0.29) is 0 Å². The molecule has 0 aliphatic carbocycles. The van der Waals surface area contributed by atoms with Gasteiger partial charge in [0.15, 0.2) is 0 Å². The molecule has 0 unspecified atom stereocenters. The third-order valence-corrected chi connectivity index (χ3v) is 4.17. The fourth-order valence-electron chi connectivity index (χ4n) is 1.63. The van der Waals surface area contributed by atoms with Crippen molar-refractivity contribution in [1.82, 2.24) is 0 Å². The van der Waals surface area contributed by atoms with Crippen LogP contribution in [0, 0.1) is 5.92 Å². The Hall–Kier alpha value is 1.44. The summed E-state index contributed by atoms with van der Waals surface area (Å²) in [6, 6.07) is 0. The molecule has 0 heterocycles. The standard InChI is InChI=1S/C12H22Br3/c13-9-3-1-6-12(8-5-11-15)7-2-4-10-14/h1-11H2. The Morgan fingerprint density at radius 3 is 1.33 bits per heavy atom. The molecule has 0 aromatic heterocycles. The Labute approximate surface area is 120 Å². The van der Waals surface area contributed by atoms with E-state index >= 15 is 0 Å². The molecule has 0 fully saturated rings. The van der Waals surface area contributed by atoms with Crippen LogP contribution in [0.15, 0.2) is 0 Å². The highest BCUT2D eigenvalue weighted by atomic mass is 79.9. The quantitative estimate of drug-likeness (QED) is 0.298. The van der Waals surface area contributed by atoms with E-state index in [2.05, 4.69) is 47.8 Å². The number of halogens is 3. The summed E-state index contributed by atoms with van der Waals surface area (Å²) in [5, 5.41) is 3.45. The number of alkyl halides is 3. The first-order chi connectivity index (χ1) is 7.35. The molecule has 0 saturated heterocycles. The third-order valence-electron chi connectivity index (χ3n) is 2.49. The summed E-state index contributed by atoms with van der Waals surface area (Å²) in [6.45, 7) is 0. The van der Waals surface area contributed by atoms with E-state index in [4.69, 9.17) is 0 Å². The molecule has 0 aliphatic heterocycles. The minimum atomic E-state index is 1.15. The van der Waals surface area contributed by atoms with Crippen LogP contribution in [0.5, 0.6) is 0 Å². The van der Waals surface area contributed by atoms with E-state index < -0.39 is 0 Å². The van der Waals surface area contributed by atoms with Crippen LogP contribution in [0.25, 0.3) is 0 Å². The molecule has 0 spiro atoms. The molecule has 0 rings (SSSR count).